The lowest BCUT2D eigenvalue weighted by Crippen LogP contribution is -2.48. The van der Waals surface area contributed by atoms with Crippen molar-refractivity contribution in [3.05, 3.63) is 52.7 Å². The van der Waals surface area contributed by atoms with Crippen LogP contribution >= 0.6 is 0 Å². The van der Waals surface area contributed by atoms with Crippen molar-refractivity contribution in [3.63, 3.8) is 0 Å². The number of nitrogens with zero attached hydrogens (tertiary/aromatic N) is 3. The minimum atomic E-state index is -1.46. The number of aromatic nitrogens is 1. The van der Waals surface area contributed by atoms with Gasteiger partial charge >= 0.3 is 24.7 Å². The minimum absolute atomic E-state index is 0.177. The van der Waals surface area contributed by atoms with Crippen LogP contribution in [0.5, 0.6) is 0 Å². The van der Waals surface area contributed by atoms with E-state index in [2.05, 4.69) is 19.9 Å². The van der Waals surface area contributed by atoms with Crippen LogP contribution in [0.1, 0.15) is 32.3 Å². The second-order valence-corrected chi connectivity index (χ2v) is 7.77. The second-order valence-electron chi connectivity index (χ2n) is 7.77. The lowest BCUT2D eigenvalue weighted by atomic mass is 10.0. The molecule has 1 amide bonds. The predicted molar refractivity (Wildman–Crippen MR) is 120 cm³/mol. The van der Waals surface area contributed by atoms with E-state index >= 15 is 0 Å². The Morgan fingerprint density at radius 1 is 1.26 bits per heavy atom. The molecule has 0 spiro atoms. The van der Waals surface area contributed by atoms with Gasteiger partial charge in [0.25, 0.3) is 5.91 Å². The van der Waals surface area contributed by atoms with Crippen molar-refractivity contribution in [3.8, 4) is 0 Å². The van der Waals surface area contributed by atoms with Crippen molar-refractivity contribution in [2.45, 2.75) is 51.4 Å². The van der Waals surface area contributed by atoms with Crippen LogP contribution < -0.4 is 5.32 Å². The fourth-order valence-electron chi connectivity index (χ4n) is 3.24. The van der Waals surface area contributed by atoms with Gasteiger partial charge in [0.05, 0.1) is 11.6 Å². The van der Waals surface area contributed by atoms with Crippen LogP contribution in [-0.4, -0.2) is 64.4 Å². The van der Waals surface area contributed by atoms with Crippen molar-refractivity contribution in [2.24, 2.45) is 0 Å². The summed E-state index contributed by atoms with van der Waals surface area (Å²) in [7, 11) is 0. The highest BCUT2D eigenvalue weighted by Crippen LogP contribution is 2.22. The van der Waals surface area contributed by atoms with Crippen LogP contribution in [0.25, 0.3) is 21.3 Å². The molecular formula is C23H24FN5O6. The Bertz CT molecular complexity index is 1190. The summed E-state index contributed by atoms with van der Waals surface area (Å²) in [6.07, 6.45) is -0.442. The summed E-state index contributed by atoms with van der Waals surface area (Å²) in [5.74, 6) is -3.75. The van der Waals surface area contributed by atoms with Crippen LogP contribution in [0.2, 0.25) is 0 Å². The first-order chi connectivity index (χ1) is 16.7. The number of H-pyrrole nitrogens is 1. The molecule has 0 bridgehead atoms. The predicted octanol–water partition coefficient (Wildman–Crippen LogP) is 1.77. The highest BCUT2D eigenvalue weighted by atomic mass is 19.1. The summed E-state index contributed by atoms with van der Waals surface area (Å²) in [6.45, 7) is 9.41. The Labute approximate surface area is 200 Å². The van der Waals surface area contributed by atoms with Gasteiger partial charge in [-0.15, -0.1) is 0 Å². The van der Waals surface area contributed by atoms with E-state index in [9.17, 15) is 23.6 Å². The van der Waals surface area contributed by atoms with Crippen LogP contribution in [0.4, 0.5) is 4.39 Å². The molecule has 0 saturated heterocycles. The number of aromatic amines is 1. The van der Waals surface area contributed by atoms with E-state index < -0.39 is 54.2 Å². The summed E-state index contributed by atoms with van der Waals surface area (Å²) in [5.41, 5.74) is 9.15. The number of rotatable bonds is 12. The molecule has 1 heterocycles. The van der Waals surface area contributed by atoms with Crippen LogP contribution in [0, 0.1) is 12.4 Å². The third-order valence-electron chi connectivity index (χ3n) is 4.76. The number of fused-ring (bicyclic) bond motifs is 1. The van der Waals surface area contributed by atoms with Gasteiger partial charge in [-0.25, -0.2) is 20.6 Å². The molecule has 2 N–H and O–H groups in total. The summed E-state index contributed by atoms with van der Waals surface area (Å²) in [6, 6.07) is 3.09. The number of nitrogens with one attached hydrogen (secondary N) is 2. The molecule has 2 atom stereocenters. The molecule has 0 unspecified atom stereocenters. The Hall–Kier alpha value is -4.36. The van der Waals surface area contributed by atoms with Gasteiger partial charge in [0.1, 0.15) is 11.9 Å². The number of carbonyl (C=O) groups is 4. The summed E-state index contributed by atoms with van der Waals surface area (Å²) in [4.78, 5) is 57.6. The topological polar surface area (TPSA) is 155 Å². The Kier molecular flexibility index (Phi) is 9.81. The zero-order chi connectivity index (χ0) is 26.0. The fraction of sp³-hybridized carbons (Fsp3) is 0.391. The van der Waals surface area contributed by atoms with Crippen molar-refractivity contribution in [1.29, 1.82) is 0 Å². The first-order valence-electron chi connectivity index (χ1n) is 10.6. The van der Waals surface area contributed by atoms with Crippen LogP contribution in [-0.2, 0) is 35.1 Å². The largest absolute Gasteiger partial charge is 0.461 e. The lowest BCUT2D eigenvalue weighted by Gasteiger charge is -2.22. The molecule has 2 aromatic rings. The number of hydrogen-bond acceptors (Lipinski definition) is 6. The molecule has 1 aromatic heterocycles. The Morgan fingerprint density at radius 3 is 2.66 bits per heavy atom. The molecule has 0 saturated carbocycles. The normalized spacial score (nSPS) is 12.2. The maximum atomic E-state index is 14.0. The van der Waals surface area contributed by atoms with Gasteiger partial charge in [-0.1, -0.05) is 12.1 Å². The Morgan fingerprint density at radius 2 is 2.00 bits per heavy atom. The molecule has 11 nitrogen and oxygen atoms in total. The Balaban J connectivity index is 2.28. The number of Topliss-reactive ketones (excluding diaryl/α,β-unsaturated/α-hetero) is 1. The minimum Gasteiger partial charge on any atom is -0.461 e. The van der Waals surface area contributed by atoms with Gasteiger partial charge in [-0.3, -0.25) is 9.59 Å². The first-order valence-corrected chi connectivity index (χ1v) is 10.6. The number of amides is 1. The van der Waals surface area contributed by atoms with Gasteiger partial charge < -0.3 is 30.2 Å². The number of esters is 2. The average molecular weight is 485 g/mol. The molecule has 35 heavy (non-hydrogen) atoms. The molecule has 0 aliphatic carbocycles. The molecular weight excluding hydrogens is 461 g/mol. The number of ether oxygens (including phenoxy) is 2. The van der Waals surface area contributed by atoms with E-state index in [1.807, 2.05) is 0 Å². The van der Waals surface area contributed by atoms with E-state index in [4.69, 9.17) is 21.6 Å². The second kappa shape index (κ2) is 12.8. The molecule has 0 fully saturated rings. The van der Waals surface area contributed by atoms with E-state index in [0.717, 1.165) is 0 Å². The third-order valence-corrected chi connectivity index (χ3v) is 4.76. The molecule has 0 radical (unpaired) electrons. The van der Waals surface area contributed by atoms with Crippen molar-refractivity contribution in [1.82, 2.24) is 10.3 Å². The third kappa shape index (κ3) is 7.87. The molecule has 0 aliphatic rings. The summed E-state index contributed by atoms with van der Waals surface area (Å²) < 4.78 is 24.4. The number of hydrogen-bond donors (Lipinski definition) is 2. The van der Waals surface area contributed by atoms with E-state index in [-0.39, 0.29) is 24.8 Å². The fourth-order valence-corrected chi connectivity index (χ4v) is 3.24. The monoisotopic (exact) mass is 485 g/mol. The summed E-state index contributed by atoms with van der Waals surface area (Å²) >= 11 is 0. The molecule has 1 aromatic carbocycles. The molecule has 2 rings (SSSR count). The quantitative estimate of drug-likeness (QED) is 0.153. The van der Waals surface area contributed by atoms with E-state index in [0.29, 0.717) is 17.2 Å². The maximum Gasteiger partial charge on any atom is 0.387 e. The van der Waals surface area contributed by atoms with Crippen molar-refractivity contribution < 1.29 is 37.8 Å². The number of halogens is 1. The van der Waals surface area contributed by atoms with E-state index in [1.165, 1.54) is 18.3 Å². The lowest BCUT2D eigenvalue weighted by molar-refractivity contribution is -0.157. The highest BCUT2D eigenvalue weighted by molar-refractivity contribution is 6.25. The number of benzene rings is 1. The number of ketones is 1. The zero-order valence-electron chi connectivity index (χ0n) is 19.1. The molecule has 0 aliphatic heterocycles. The first kappa shape index (κ1) is 26.9. The van der Waals surface area contributed by atoms with Gasteiger partial charge in [-0.2, -0.15) is 4.79 Å². The van der Waals surface area contributed by atoms with Crippen molar-refractivity contribution in [2.75, 3.05) is 6.54 Å². The van der Waals surface area contributed by atoms with Crippen LogP contribution in [0.15, 0.2) is 24.4 Å². The zero-order valence-corrected chi connectivity index (χ0v) is 19.1. The standard InChI is InChI=1S/C23H24FN5O6/c1-13(2)34-23(33)18(8-7-15(30)11-28-25)29-22(32)19(35-20(31)12-26-3)9-14-10-27-21-16(14)5-4-6-17(21)24/h4-6,10-11,13,18-19,27H,7-9,12H2,1-2H3,(H,29,32)/t18-,19-/m0/s1. The smallest absolute Gasteiger partial charge is 0.387 e. The average Bonchev–Trinajstić information content (AvgIpc) is 3.20. The van der Waals surface area contributed by atoms with Gasteiger partial charge in [0.15, 0.2) is 6.10 Å². The molecule has 184 valence electrons. The van der Waals surface area contributed by atoms with Gasteiger partial charge in [-0.05, 0) is 31.9 Å². The number of para-hydroxylation sites is 1. The highest BCUT2D eigenvalue weighted by Gasteiger charge is 2.31. The molecule has 12 heteroatoms. The van der Waals surface area contributed by atoms with Gasteiger partial charge in [0.2, 0.25) is 5.78 Å². The summed E-state index contributed by atoms with van der Waals surface area (Å²) in [5, 5.41) is 2.89. The van der Waals surface area contributed by atoms with Gasteiger partial charge in [0, 0.05) is 24.4 Å². The van der Waals surface area contributed by atoms with Crippen molar-refractivity contribution >= 4 is 40.7 Å². The maximum absolute atomic E-state index is 14.0. The van der Waals surface area contributed by atoms with Crippen LogP contribution in [0.3, 0.4) is 0 Å². The number of carbonyl (C=O) groups excluding carboxylic acids is 4. The SMILES string of the molecule is [C-]#[N+]CC(=O)O[C@@H](Cc1c[nH]c2c(F)cccc12)C(=O)N[C@@H](CCC(=O)C=[N+]=[N-])C(=O)OC(C)C. The van der Waals surface area contributed by atoms with E-state index in [1.54, 1.807) is 19.9 Å².